The van der Waals surface area contributed by atoms with Crippen molar-refractivity contribution in [3.05, 3.63) is 34.1 Å². The van der Waals surface area contributed by atoms with E-state index in [-0.39, 0.29) is 22.8 Å². The number of carbonyl (C=O) groups excluding carboxylic acids is 2. The normalized spacial score (nSPS) is 19.6. The number of rotatable bonds is 1. The number of nitrogens with zero attached hydrogens (tertiary/aromatic N) is 1. The molecule has 1 unspecified atom stereocenters. The van der Waals surface area contributed by atoms with E-state index < -0.39 is 11.7 Å². The molecule has 108 valence electrons. The molecule has 0 bridgehead atoms. The fraction of sp³-hybridized carbons (Fsp3) is 0.467. The Morgan fingerprint density at radius 2 is 2.05 bits per heavy atom. The van der Waals surface area contributed by atoms with Gasteiger partial charge in [-0.1, -0.05) is 20.8 Å². The number of hydrogen-bond donors (Lipinski definition) is 0. The average molecular weight is 342 g/mol. The lowest BCUT2D eigenvalue weighted by atomic mass is 9.80. The first-order valence-corrected chi connectivity index (χ1v) is 7.29. The van der Waals surface area contributed by atoms with E-state index in [0.717, 1.165) is 6.07 Å². The molecule has 1 aromatic carbocycles. The maximum atomic E-state index is 13.3. The molecule has 1 fully saturated rings. The summed E-state index contributed by atoms with van der Waals surface area (Å²) in [7, 11) is 0. The zero-order valence-corrected chi connectivity index (χ0v) is 13.3. The summed E-state index contributed by atoms with van der Waals surface area (Å²) in [5.74, 6) is -0.985. The van der Waals surface area contributed by atoms with Crippen LogP contribution in [-0.4, -0.2) is 23.3 Å². The molecule has 1 heterocycles. The molecule has 2 amide bonds. The summed E-state index contributed by atoms with van der Waals surface area (Å²) in [6.07, 6.45) is 0.363. The van der Waals surface area contributed by atoms with Gasteiger partial charge in [-0.3, -0.25) is 14.5 Å². The van der Waals surface area contributed by atoms with Crippen LogP contribution in [0.2, 0.25) is 0 Å². The minimum atomic E-state index is -0.490. The summed E-state index contributed by atoms with van der Waals surface area (Å²) in [5.41, 5.74) is 0.150. The van der Waals surface area contributed by atoms with Gasteiger partial charge in [0.25, 0.3) is 5.91 Å². The Morgan fingerprint density at radius 3 is 2.60 bits per heavy atom. The Labute approximate surface area is 126 Å². The highest BCUT2D eigenvalue weighted by Crippen LogP contribution is 2.35. The van der Waals surface area contributed by atoms with E-state index in [1.165, 1.54) is 17.0 Å². The minimum absolute atomic E-state index is 0.0378. The molecule has 1 aliphatic heterocycles. The van der Waals surface area contributed by atoms with Crippen LogP contribution in [0.4, 0.5) is 4.39 Å². The van der Waals surface area contributed by atoms with Crippen molar-refractivity contribution in [2.24, 2.45) is 11.3 Å². The number of likely N-dealkylation sites (tertiary alicyclic amines) is 1. The molecule has 0 N–H and O–H groups in total. The van der Waals surface area contributed by atoms with Gasteiger partial charge in [0.05, 0.1) is 5.56 Å². The van der Waals surface area contributed by atoms with E-state index in [0.29, 0.717) is 17.4 Å². The molecule has 5 heteroatoms. The largest absolute Gasteiger partial charge is 0.278 e. The fourth-order valence-electron chi connectivity index (χ4n) is 2.29. The van der Waals surface area contributed by atoms with E-state index in [1.807, 2.05) is 0 Å². The standard InChI is InChI=1S/C15H17BrFNO2/c1-15(2,3)9-6-13(19)18(8-9)14(20)11-7-10(17)4-5-12(11)16/h4-5,7,9H,6,8H2,1-3H3. The Balaban J connectivity index is 2.26. The quantitative estimate of drug-likeness (QED) is 0.731. The van der Waals surface area contributed by atoms with Crippen LogP contribution in [0.3, 0.4) is 0 Å². The lowest BCUT2D eigenvalue weighted by molar-refractivity contribution is -0.125. The van der Waals surface area contributed by atoms with Gasteiger partial charge in [0, 0.05) is 17.4 Å². The molecule has 3 nitrogen and oxygen atoms in total. The SMILES string of the molecule is CC(C)(C)C1CC(=O)N(C(=O)c2cc(F)ccc2Br)C1. The first-order valence-electron chi connectivity index (χ1n) is 6.50. The summed E-state index contributed by atoms with van der Waals surface area (Å²) < 4.78 is 13.8. The van der Waals surface area contributed by atoms with Crippen LogP contribution in [0.5, 0.6) is 0 Å². The molecule has 0 spiro atoms. The average Bonchev–Trinajstić information content (AvgIpc) is 2.73. The molecule has 1 aliphatic rings. The second-order valence-electron chi connectivity index (χ2n) is 6.20. The van der Waals surface area contributed by atoms with Crippen LogP contribution >= 0.6 is 15.9 Å². The topological polar surface area (TPSA) is 37.4 Å². The smallest absolute Gasteiger partial charge is 0.261 e. The first-order chi connectivity index (χ1) is 9.20. The van der Waals surface area contributed by atoms with Crippen molar-refractivity contribution in [3.63, 3.8) is 0 Å². The Kier molecular flexibility index (Phi) is 4.00. The molecule has 20 heavy (non-hydrogen) atoms. The maximum absolute atomic E-state index is 13.3. The van der Waals surface area contributed by atoms with Gasteiger partial charge in [-0.2, -0.15) is 0 Å². The molecule has 2 rings (SSSR count). The zero-order chi connectivity index (χ0) is 15.1. The number of amides is 2. The Bertz CT molecular complexity index is 565. The second-order valence-corrected chi connectivity index (χ2v) is 7.06. The summed E-state index contributed by atoms with van der Waals surface area (Å²) in [4.78, 5) is 25.7. The number of benzene rings is 1. The van der Waals surface area contributed by atoms with Gasteiger partial charge in [-0.05, 0) is 45.5 Å². The van der Waals surface area contributed by atoms with Gasteiger partial charge in [0.15, 0.2) is 0 Å². The van der Waals surface area contributed by atoms with Crippen molar-refractivity contribution in [3.8, 4) is 0 Å². The maximum Gasteiger partial charge on any atom is 0.261 e. The Hall–Kier alpha value is -1.23. The molecule has 0 radical (unpaired) electrons. The fourth-order valence-corrected chi connectivity index (χ4v) is 2.71. The molecular formula is C15H17BrFNO2. The minimum Gasteiger partial charge on any atom is -0.278 e. The van der Waals surface area contributed by atoms with Crippen molar-refractivity contribution < 1.29 is 14.0 Å². The van der Waals surface area contributed by atoms with E-state index in [1.54, 1.807) is 0 Å². The van der Waals surface area contributed by atoms with Gasteiger partial charge in [-0.25, -0.2) is 4.39 Å². The van der Waals surface area contributed by atoms with Gasteiger partial charge < -0.3 is 0 Å². The van der Waals surface area contributed by atoms with Crippen molar-refractivity contribution in [2.75, 3.05) is 6.54 Å². The van der Waals surface area contributed by atoms with E-state index in [9.17, 15) is 14.0 Å². The predicted octanol–water partition coefficient (Wildman–Crippen LogP) is 3.62. The third-order valence-electron chi connectivity index (χ3n) is 3.75. The number of halogens is 2. The molecular weight excluding hydrogens is 325 g/mol. The second kappa shape index (κ2) is 5.28. The van der Waals surface area contributed by atoms with Crippen LogP contribution in [0.25, 0.3) is 0 Å². The van der Waals surface area contributed by atoms with Crippen LogP contribution in [0.1, 0.15) is 37.6 Å². The van der Waals surface area contributed by atoms with Crippen LogP contribution in [0.15, 0.2) is 22.7 Å². The third-order valence-corrected chi connectivity index (χ3v) is 4.45. The summed E-state index contributed by atoms with van der Waals surface area (Å²) in [5, 5.41) is 0. The first kappa shape index (κ1) is 15.2. The predicted molar refractivity (Wildman–Crippen MR) is 77.7 cm³/mol. The zero-order valence-electron chi connectivity index (χ0n) is 11.7. The number of imide groups is 1. The van der Waals surface area contributed by atoms with E-state index >= 15 is 0 Å². The van der Waals surface area contributed by atoms with E-state index in [2.05, 4.69) is 36.7 Å². The van der Waals surface area contributed by atoms with Gasteiger partial charge in [-0.15, -0.1) is 0 Å². The van der Waals surface area contributed by atoms with Gasteiger partial charge in [0.2, 0.25) is 5.91 Å². The molecule has 0 saturated carbocycles. The summed E-state index contributed by atoms with van der Waals surface area (Å²) in [6, 6.07) is 3.90. The van der Waals surface area contributed by atoms with Crippen molar-refractivity contribution in [2.45, 2.75) is 27.2 Å². The summed E-state index contributed by atoms with van der Waals surface area (Å²) >= 11 is 3.23. The summed E-state index contributed by atoms with van der Waals surface area (Å²) in [6.45, 7) is 6.55. The van der Waals surface area contributed by atoms with Crippen LogP contribution in [-0.2, 0) is 4.79 Å². The van der Waals surface area contributed by atoms with Crippen molar-refractivity contribution in [1.82, 2.24) is 4.90 Å². The monoisotopic (exact) mass is 341 g/mol. The van der Waals surface area contributed by atoms with Crippen LogP contribution in [0, 0.1) is 17.2 Å². The molecule has 0 aliphatic carbocycles. The molecule has 1 atom stereocenters. The molecule has 0 aromatic heterocycles. The highest BCUT2D eigenvalue weighted by Gasteiger charge is 2.40. The van der Waals surface area contributed by atoms with Crippen LogP contribution < -0.4 is 0 Å². The van der Waals surface area contributed by atoms with Crippen molar-refractivity contribution >= 4 is 27.7 Å². The third kappa shape index (κ3) is 2.92. The van der Waals surface area contributed by atoms with Gasteiger partial charge >= 0.3 is 0 Å². The lowest BCUT2D eigenvalue weighted by Crippen LogP contribution is -2.33. The van der Waals surface area contributed by atoms with E-state index in [4.69, 9.17) is 0 Å². The van der Waals surface area contributed by atoms with Gasteiger partial charge in [0.1, 0.15) is 5.82 Å². The van der Waals surface area contributed by atoms with Crippen molar-refractivity contribution in [1.29, 1.82) is 0 Å². The lowest BCUT2D eigenvalue weighted by Gasteiger charge is -2.26. The highest BCUT2D eigenvalue weighted by molar-refractivity contribution is 9.10. The highest BCUT2D eigenvalue weighted by atomic mass is 79.9. The number of hydrogen-bond acceptors (Lipinski definition) is 2. The Morgan fingerprint density at radius 1 is 1.40 bits per heavy atom. The molecule has 1 saturated heterocycles. The number of carbonyl (C=O) groups is 2. The molecule has 1 aromatic rings.